The molecule has 4 nitrogen and oxygen atoms in total. The lowest BCUT2D eigenvalue weighted by molar-refractivity contribution is 0.588. The number of thiophene rings is 1. The van der Waals surface area contributed by atoms with Gasteiger partial charge < -0.3 is 15.2 Å². The van der Waals surface area contributed by atoms with E-state index in [2.05, 4.69) is 27.5 Å². The van der Waals surface area contributed by atoms with Crippen molar-refractivity contribution in [3.63, 3.8) is 0 Å². The molecular formula is C21H26N3OPS. The fourth-order valence-corrected chi connectivity index (χ4v) is 5.25. The number of rotatable bonds is 6. The van der Waals surface area contributed by atoms with Crippen molar-refractivity contribution in [2.75, 3.05) is 24.0 Å². The van der Waals surface area contributed by atoms with Crippen molar-refractivity contribution in [1.29, 1.82) is 0 Å². The molecule has 0 aliphatic heterocycles. The summed E-state index contributed by atoms with van der Waals surface area (Å²) in [6.07, 6.45) is 5.14. The lowest BCUT2D eigenvalue weighted by atomic mass is 10.2. The smallest absolute Gasteiger partial charge is 0.129 e. The van der Waals surface area contributed by atoms with Gasteiger partial charge in [0, 0.05) is 45.8 Å². The highest BCUT2D eigenvalue weighted by atomic mass is 32.1. The molecule has 0 atom stereocenters. The van der Waals surface area contributed by atoms with E-state index in [9.17, 15) is 4.57 Å². The van der Waals surface area contributed by atoms with Crippen molar-refractivity contribution < 1.29 is 4.57 Å². The van der Waals surface area contributed by atoms with Gasteiger partial charge in [-0.1, -0.05) is 37.1 Å². The van der Waals surface area contributed by atoms with Gasteiger partial charge in [0.1, 0.15) is 13.0 Å². The Morgan fingerprint density at radius 1 is 1.15 bits per heavy atom. The summed E-state index contributed by atoms with van der Waals surface area (Å²) in [5.74, 6) is 0.891. The Balaban J connectivity index is 1.50. The molecule has 0 bridgehead atoms. The molecule has 2 aromatic heterocycles. The summed E-state index contributed by atoms with van der Waals surface area (Å²) in [5, 5.41) is 13.6. The second kappa shape index (κ2) is 7.65. The highest BCUT2D eigenvalue weighted by molar-refractivity contribution is 7.70. The highest BCUT2D eigenvalue weighted by Gasteiger charge is 2.17. The number of benzene rings is 1. The number of hydrogen-bond acceptors (Lipinski definition) is 5. The van der Waals surface area contributed by atoms with E-state index in [-0.39, 0.29) is 0 Å². The number of nitrogens with zero attached hydrogens (tertiary/aromatic N) is 1. The normalized spacial score (nSPS) is 15.3. The predicted octanol–water partition coefficient (Wildman–Crippen LogP) is 5.51. The third-order valence-electron chi connectivity index (χ3n) is 5.20. The van der Waals surface area contributed by atoms with Crippen LogP contribution >= 0.6 is 18.5 Å². The van der Waals surface area contributed by atoms with Crippen LogP contribution in [0, 0.1) is 0 Å². The first-order valence-corrected chi connectivity index (χ1v) is 13.1. The van der Waals surface area contributed by atoms with E-state index in [0.29, 0.717) is 12.6 Å². The zero-order chi connectivity index (χ0) is 18.9. The molecule has 6 heteroatoms. The van der Waals surface area contributed by atoms with E-state index in [1.165, 1.54) is 36.8 Å². The van der Waals surface area contributed by atoms with Gasteiger partial charge in [0.05, 0.1) is 5.52 Å². The van der Waals surface area contributed by atoms with Gasteiger partial charge in [-0.25, -0.2) is 4.98 Å². The van der Waals surface area contributed by atoms with Crippen LogP contribution in [0.25, 0.3) is 10.9 Å². The summed E-state index contributed by atoms with van der Waals surface area (Å²) in [5.41, 5.74) is 3.38. The maximum Gasteiger partial charge on any atom is 0.129 e. The van der Waals surface area contributed by atoms with Crippen molar-refractivity contribution in [3.05, 3.63) is 46.7 Å². The minimum absolute atomic E-state index is 0.578. The molecule has 27 heavy (non-hydrogen) atoms. The quantitative estimate of drug-likeness (QED) is 0.537. The third-order valence-corrected chi connectivity index (χ3v) is 7.47. The first-order valence-electron chi connectivity index (χ1n) is 9.51. The van der Waals surface area contributed by atoms with E-state index in [4.69, 9.17) is 4.98 Å². The number of anilines is 2. The summed E-state index contributed by atoms with van der Waals surface area (Å²) < 4.78 is 12.2. The Morgan fingerprint density at radius 2 is 1.89 bits per heavy atom. The summed E-state index contributed by atoms with van der Waals surface area (Å²) in [7, 11) is -2.20. The molecule has 4 rings (SSSR count). The van der Waals surface area contributed by atoms with Crippen molar-refractivity contribution in [1.82, 2.24) is 4.98 Å². The second-order valence-electron chi connectivity index (χ2n) is 7.72. The van der Waals surface area contributed by atoms with Crippen LogP contribution < -0.4 is 15.9 Å². The molecule has 2 heterocycles. The van der Waals surface area contributed by atoms with Crippen LogP contribution in [0.4, 0.5) is 11.5 Å². The number of fused-ring (bicyclic) bond motifs is 1. The molecule has 0 unspecified atom stereocenters. The SMILES string of the molecule is CP(C)(=O)c1ccc(CNc2cc(NC3CCCC3)c3cscc3n2)cc1. The van der Waals surface area contributed by atoms with Crippen LogP contribution in [0.1, 0.15) is 31.2 Å². The summed E-state index contributed by atoms with van der Waals surface area (Å²) in [6.45, 7) is 4.31. The molecule has 2 N–H and O–H groups in total. The number of nitrogens with one attached hydrogen (secondary N) is 2. The van der Waals surface area contributed by atoms with Crippen LogP contribution in [0.15, 0.2) is 41.1 Å². The Bertz CT molecular complexity index is 971. The van der Waals surface area contributed by atoms with Crippen molar-refractivity contribution in [2.24, 2.45) is 0 Å². The average Bonchev–Trinajstić information content (AvgIpc) is 3.31. The molecule has 3 aromatic rings. The van der Waals surface area contributed by atoms with Crippen molar-refractivity contribution >= 4 is 46.2 Å². The molecule has 1 aromatic carbocycles. The number of pyridine rings is 1. The molecule has 0 amide bonds. The van der Waals surface area contributed by atoms with Gasteiger partial charge in [-0.05, 0) is 31.7 Å². The minimum Gasteiger partial charge on any atom is -0.382 e. The number of aromatic nitrogens is 1. The van der Waals surface area contributed by atoms with E-state index in [1.54, 1.807) is 24.7 Å². The van der Waals surface area contributed by atoms with Crippen LogP contribution in [0.3, 0.4) is 0 Å². The number of hydrogen-bond donors (Lipinski definition) is 2. The van der Waals surface area contributed by atoms with Gasteiger partial charge >= 0.3 is 0 Å². The van der Waals surface area contributed by atoms with Gasteiger partial charge in [-0.3, -0.25) is 0 Å². The highest BCUT2D eigenvalue weighted by Crippen LogP contribution is 2.34. The lowest BCUT2D eigenvalue weighted by Gasteiger charge is -2.16. The van der Waals surface area contributed by atoms with Crippen LogP contribution in [-0.4, -0.2) is 24.4 Å². The molecule has 1 fully saturated rings. The van der Waals surface area contributed by atoms with Crippen LogP contribution in [-0.2, 0) is 11.1 Å². The van der Waals surface area contributed by atoms with Gasteiger partial charge in [0.2, 0.25) is 0 Å². The minimum atomic E-state index is -2.20. The monoisotopic (exact) mass is 399 g/mol. The fraction of sp³-hybridized carbons (Fsp3) is 0.381. The summed E-state index contributed by atoms with van der Waals surface area (Å²) in [4.78, 5) is 4.76. The molecule has 142 valence electrons. The van der Waals surface area contributed by atoms with Crippen LogP contribution in [0.2, 0.25) is 0 Å². The summed E-state index contributed by atoms with van der Waals surface area (Å²) >= 11 is 1.70. The molecule has 0 saturated heterocycles. The zero-order valence-electron chi connectivity index (χ0n) is 15.9. The average molecular weight is 400 g/mol. The third kappa shape index (κ3) is 4.36. The standard InChI is InChI=1S/C21H26N3OPS/c1-26(2,25)17-9-7-15(8-10-17)12-22-21-11-19(23-16-5-3-4-6-16)18-13-27-14-20(18)24-21/h7-11,13-14,16,23H,3-6,12H2,1-2H3,(H,22,24). The zero-order valence-corrected chi connectivity index (χ0v) is 17.6. The first kappa shape index (κ1) is 18.5. The first-order chi connectivity index (χ1) is 13.0. The molecule has 1 aliphatic rings. The molecular weight excluding hydrogens is 373 g/mol. The maximum absolute atomic E-state index is 12.2. The van der Waals surface area contributed by atoms with Gasteiger partial charge in [0.25, 0.3) is 0 Å². The van der Waals surface area contributed by atoms with E-state index >= 15 is 0 Å². The van der Waals surface area contributed by atoms with Crippen LogP contribution in [0.5, 0.6) is 0 Å². The molecule has 0 spiro atoms. The maximum atomic E-state index is 12.2. The fourth-order valence-electron chi connectivity index (χ4n) is 3.62. The Kier molecular flexibility index (Phi) is 5.25. The second-order valence-corrected chi connectivity index (χ2v) is 11.7. The largest absolute Gasteiger partial charge is 0.382 e. The predicted molar refractivity (Wildman–Crippen MR) is 118 cm³/mol. The molecule has 1 aliphatic carbocycles. The van der Waals surface area contributed by atoms with Gasteiger partial charge in [-0.15, -0.1) is 11.3 Å². The Hall–Kier alpha value is -1.84. The molecule has 0 radical (unpaired) electrons. The summed E-state index contributed by atoms with van der Waals surface area (Å²) in [6, 6.07) is 10.7. The molecule has 1 saturated carbocycles. The van der Waals surface area contributed by atoms with E-state index in [1.807, 2.05) is 24.3 Å². The van der Waals surface area contributed by atoms with Gasteiger partial charge in [0.15, 0.2) is 0 Å². The van der Waals surface area contributed by atoms with Gasteiger partial charge in [-0.2, -0.15) is 0 Å². The van der Waals surface area contributed by atoms with Crippen molar-refractivity contribution in [2.45, 2.75) is 38.3 Å². The topological polar surface area (TPSA) is 54.0 Å². The Morgan fingerprint density at radius 3 is 2.59 bits per heavy atom. The lowest BCUT2D eigenvalue weighted by Crippen LogP contribution is -2.15. The van der Waals surface area contributed by atoms with Crippen molar-refractivity contribution in [3.8, 4) is 0 Å². The Labute approximate surface area is 164 Å². The van der Waals surface area contributed by atoms with E-state index in [0.717, 1.165) is 22.2 Å². The van der Waals surface area contributed by atoms with E-state index < -0.39 is 7.14 Å².